The van der Waals surface area contributed by atoms with E-state index in [1.54, 1.807) is 37.8 Å². The maximum Gasteiger partial charge on any atom is 0.137 e. The predicted octanol–water partition coefficient (Wildman–Crippen LogP) is 5.18. The van der Waals surface area contributed by atoms with Crippen molar-refractivity contribution in [2.24, 2.45) is 0 Å². The van der Waals surface area contributed by atoms with Crippen molar-refractivity contribution in [3.8, 4) is 28.1 Å². The van der Waals surface area contributed by atoms with E-state index in [-0.39, 0.29) is 5.82 Å². The number of pyridine rings is 3. The molecular formula is C27H21FN6O. The first-order valence-electron chi connectivity index (χ1n) is 11.1. The minimum absolute atomic E-state index is 0.260. The molecule has 3 N–H and O–H groups in total. The van der Waals surface area contributed by atoms with Gasteiger partial charge in [0, 0.05) is 41.0 Å². The quantitative estimate of drug-likeness (QED) is 0.384. The van der Waals surface area contributed by atoms with Gasteiger partial charge in [0.15, 0.2) is 0 Å². The molecular weight excluding hydrogens is 443 g/mol. The molecule has 8 heteroatoms. The summed E-state index contributed by atoms with van der Waals surface area (Å²) >= 11 is 0. The van der Waals surface area contributed by atoms with E-state index in [1.807, 2.05) is 36.5 Å². The van der Waals surface area contributed by atoms with E-state index in [1.165, 1.54) is 6.07 Å². The Morgan fingerprint density at radius 2 is 1.97 bits per heavy atom. The Morgan fingerprint density at radius 1 is 1.03 bits per heavy atom. The van der Waals surface area contributed by atoms with Crippen molar-refractivity contribution >= 4 is 17.1 Å². The highest BCUT2D eigenvalue weighted by Crippen LogP contribution is 2.37. The molecule has 0 saturated heterocycles. The van der Waals surface area contributed by atoms with E-state index >= 15 is 0 Å². The molecule has 0 atom stereocenters. The second kappa shape index (κ2) is 8.57. The molecule has 0 bridgehead atoms. The lowest BCUT2D eigenvalue weighted by atomic mass is 9.94. The minimum atomic E-state index is -0.260. The lowest BCUT2D eigenvalue weighted by molar-refractivity contribution is 0.413. The van der Waals surface area contributed by atoms with Gasteiger partial charge in [-0.15, -0.1) is 0 Å². The van der Waals surface area contributed by atoms with Gasteiger partial charge in [-0.2, -0.15) is 0 Å². The monoisotopic (exact) mass is 464 g/mol. The summed E-state index contributed by atoms with van der Waals surface area (Å²) in [5.41, 5.74) is 14.2. The zero-order valence-corrected chi connectivity index (χ0v) is 18.8. The Morgan fingerprint density at radius 3 is 2.86 bits per heavy atom. The number of nitrogens with one attached hydrogen (secondary N) is 3. The first-order chi connectivity index (χ1) is 17.2. The van der Waals surface area contributed by atoms with Crippen LogP contribution in [0.3, 0.4) is 0 Å². The Balaban J connectivity index is 1.36. The Labute approximate surface area is 201 Å². The molecule has 0 amide bonds. The van der Waals surface area contributed by atoms with Crippen LogP contribution in [0.5, 0.6) is 5.75 Å². The highest BCUT2D eigenvalue weighted by Gasteiger charge is 2.23. The highest BCUT2D eigenvalue weighted by molar-refractivity contribution is 5.90. The number of hydrazine groups is 1. The van der Waals surface area contributed by atoms with Crippen LogP contribution >= 0.6 is 0 Å². The lowest BCUT2D eigenvalue weighted by Crippen LogP contribution is -2.24. The molecule has 0 aliphatic carbocycles. The van der Waals surface area contributed by atoms with Gasteiger partial charge in [0.1, 0.15) is 17.4 Å². The number of rotatable bonds is 4. The molecule has 35 heavy (non-hydrogen) atoms. The van der Waals surface area contributed by atoms with Crippen LogP contribution in [0.25, 0.3) is 28.0 Å². The van der Waals surface area contributed by atoms with E-state index in [0.29, 0.717) is 12.2 Å². The summed E-state index contributed by atoms with van der Waals surface area (Å²) < 4.78 is 19.2. The van der Waals surface area contributed by atoms with Crippen LogP contribution in [0.15, 0.2) is 85.1 Å². The predicted molar refractivity (Wildman–Crippen MR) is 134 cm³/mol. The van der Waals surface area contributed by atoms with E-state index in [9.17, 15) is 4.39 Å². The maximum atomic E-state index is 13.8. The summed E-state index contributed by atoms with van der Waals surface area (Å²) in [6, 6.07) is 14.4. The second-order valence-corrected chi connectivity index (χ2v) is 8.18. The molecule has 2 aliphatic heterocycles. The van der Waals surface area contributed by atoms with Crippen molar-refractivity contribution in [2.75, 3.05) is 17.9 Å². The summed E-state index contributed by atoms with van der Waals surface area (Å²) in [6.45, 7) is 0. The summed E-state index contributed by atoms with van der Waals surface area (Å²) in [4.78, 5) is 13.8. The molecule has 4 aromatic rings. The van der Waals surface area contributed by atoms with Crippen LogP contribution in [0.2, 0.25) is 0 Å². The fourth-order valence-corrected chi connectivity index (χ4v) is 4.35. The Kier molecular flexibility index (Phi) is 5.11. The molecule has 0 radical (unpaired) electrons. The molecule has 5 heterocycles. The van der Waals surface area contributed by atoms with Gasteiger partial charge in [0.05, 0.1) is 30.4 Å². The molecule has 172 valence electrons. The van der Waals surface area contributed by atoms with E-state index in [0.717, 1.165) is 56.4 Å². The smallest absolute Gasteiger partial charge is 0.137 e. The number of benzene rings is 1. The largest absolute Gasteiger partial charge is 0.495 e. The van der Waals surface area contributed by atoms with Gasteiger partial charge in [-0.3, -0.25) is 10.4 Å². The molecule has 0 saturated carbocycles. The van der Waals surface area contributed by atoms with Crippen molar-refractivity contribution in [3.05, 3.63) is 102 Å². The van der Waals surface area contributed by atoms with Gasteiger partial charge in [-0.05, 0) is 53.9 Å². The number of anilines is 2. The van der Waals surface area contributed by atoms with Crippen LogP contribution in [0.4, 0.5) is 15.9 Å². The van der Waals surface area contributed by atoms with Crippen molar-refractivity contribution in [1.29, 1.82) is 0 Å². The summed E-state index contributed by atoms with van der Waals surface area (Å²) in [5, 5.41) is 3.46. The van der Waals surface area contributed by atoms with Gasteiger partial charge in [0.25, 0.3) is 0 Å². The van der Waals surface area contributed by atoms with Gasteiger partial charge in [0.2, 0.25) is 0 Å². The van der Waals surface area contributed by atoms with Gasteiger partial charge >= 0.3 is 0 Å². The fraction of sp³-hybridized carbons (Fsp3) is 0.0741. The minimum Gasteiger partial charge on any atom is -0.495 e. The summed E-state index contributed by atoms with van der Waals surface area (Å²) in [6.07, 6.45) is 9.81. The number of ether oxygens (including phenoxy) is 1. The second-order valence-electron chi connectivity index (χ2n) is 8.18. The first-order valence-corrected chi connectivity index (χ1v) is 11.1. The number of hydrogen-bond acceptors (Lipinski definition) is 7. The number of halogens is 1. The zero-order chi connectivity index (χ0) is 23.8. The summed E-state index contributed by atoms with van der Waals surface area (Å²) in [7, 11) is 1.62. The number of aromatic nitrogens is 3. The molecule has 1 aromatic carbocycles. The normalized spacial score (nSPS) is 13.8. The van der Waals surface area contributed by atoms with E-state index < -0.39 is 0 Å². The van der Waals surface area contributed by atoms with E-state index in [4.69, 9.17) is 9.72 Å². The van der Waals surface area contributed by atoms with Crippen LogP contribution in [0, 0.1) is 5.82 Å². The number of allylic oxidation sites excluding steroid dienone is 2. The number of fused-ring (bicyclic) bond motifs is 2. The number of nitrogens with zero attached hydrogens (tertiary/aromatic N) is 3. The molecule has 2 aliphatic rings. The molecule has 7 nitrogen and oxygen atoms in total. The third-order valence-corrected chi connectivity index (χ3v) is 6.06. The molecule has 0 fully saturated rings. The Bertz CT molecular complexity index is 1510. The maximum absolute atomic E-state index is 13.8. The topological polar surface area (TPSA) is 84.0 Å². The first kappa shape index (κ1) is 20.9. The van der Waals surface area contributed by atoms with Crippen molar-refractivity contribution in [2.45, 2.75) is 6.42 Å². The van der Waals surface area contributed by atoms with Crippen molar-refractivity contribution < 1.29 is 9.13 Å². The van der Waals surface area contributed by atoms with Gasteiger partial charge < -0.3 is 15.5 Å². The molecule has 0 spiro atoms. The standard InChI is InChI=1S/C27H21FN6O/c1-35-19-12-17(13-29-14-19)23-7-8-25-26(32-23)22(15-31-34-25)24-6-5-21-20(9-10-30-27(21)33-24)16-3-2-4-18(28)11-16/h2-4,6-15,31,34H,5H2,1H3,(H,30,33). The Hall–Kier alpha value is -4.72. The lowest BCUT2D eigenvalue weighted by Gasteiger charge is -2.26. The van der Waals surface area contributed by atoms with Crippen LogP contribution in [0.1, 0.15) is 11.3 Å². The molecule has 3 aromatic heterocycles. The number of methoxy groups -OCH3 is 1. The van der Waals surface area contributed by atoms with Crippen LogP contribution < -0.4 is 20.9 Å². The van der Waals surface area contributed by atoms with Crippen LogP contribution in [-0.4, -0.2) is 22.1 Å². The SMILES string of the molecule is COc1cncc(-c2ccc3c(n2)C(C2=CCc4c(-c5cccc(F)c5)ccnc4N2)=CNN3)c1. The average molecular weight is 465 g/mol. The summed E-state index contributed by atoms with van der Waals surface area (Å²) in [5.74, 6) is 1.16. The van der Waals surface area contributed by atoms with E-state index in [2.05, 4.69) is 32.2 Å². The van der Waals surface area contributed by atoms with Crippen molar-refractivity contribution in [3.63, 3.8) is 0 Å². The zero-order valence-electron chi connectivity index (χ0n) is 18.8. The molecule has 6 rings (SSSR count). The van der Waals surface area contributed by atoms with Crippen LogP contribution in [-0.2, 0) is 6.42 Å². The fourth-order valence-electron chi connectivity index (χ4n) is 4.35. The average Bonchev–Trinajstić information content (AvgIpc) is 2.92. The third-order valence-electron chi connectivity index (χ3n) is 6.06. The number of hydrogen-bond donors (Lipinski definition) is 3. The third kappa shape index (κ3) is 3.85. The highest BCUT2D eigenvalue weighted by atomic mass is 19.1. The van der Waals surface area contributed by atoms with Gasteiger partial charge in [-0.25, -0.2) is 14.4 Å². The van der Waals surface area contributed by atoms with Gasteiger partial charge in [-0.1, -0.05) is 18.2 Å². The van der Waals surface area contributed by atoms with Crippen molar-refractivity contribution in [1.82, 2.24) is 20.4 Å². The molecule has 0 unspecified atom stereocenters.